The van der Waals surface area contributed by atoms with Gasteiger partial charge in [0.25, 0.3) is 0 Å². The number of hydrogen-bond donors (Lipinski definition) is 1. The largest absolute Gasteiger partial charge is 0.396 e. The molecule has 3 rings (SSSR count). The van der Waals surface area contributed by atoms with Crippen LogP contribution < -0.4 is 4.90 Å². The number of nitrogens with zero attached hydrogens (tertiary/aromatic N) is 3. The van der Waals surface area contributed by atoms with Gasteiger partial charge in [0, 0.05) is 57.6 Å². The van der Waals surface area contributed by atoms with Crippen molar-refractivity contribution < 1.29 is 5.11 Å². The summed E-state index contributed by atoms with van der Waals surface area (Å²) in [4.78, 5) is 7.76. The quantitative estimate of drug-likeness (QED) is 0.803. The van der Waals surface area contributed by atoms with Gasteiger partial charge < -0.3 is 14.9 Å². The number of rotatable bonds is 6. The highest BCUT2D eigenvalue weighted by molar-refractivity contribution is 5.56. The molecule has 1 aromatic rings. The van der Waals surface area contributed by atoms with E-state index in [1.54, 1.807) is 0 Å². The molecule has 2 saturated heterocycles. The van der Waals surface area contributed by atoms with E-state index < -0.39 is 0 Å². The third-order valence-corrected chi connectivity index (χ3v) is 5.95. The van der Waals surface area contributed by atoms with Gasteiger partial charge in [-0.2, -0.15) is 0 Å². The van der Waals surface area contributed by atoms with E-state index in [0.29, 0.717) is 6.61 Å². The Hall–Kier alpha value is -1.10. The van der Waals surface area contributed by atoms with E-state index in [1.807, 2.05) is 0 Å². The Morgan fingerprint density at radius 1 is 1.00 bits per heavy atom. The summed E-state index contributed by atoms with van der Waals surface area (Å²) < 4.78 is 0. The molecule has 0 spiro atoms. The van der Waals surface area contributed by atoms with Crippen molar-refractivity contribution >= 4 is 5.69 Å². The van der Waals surface area contributed by atoms with Gasteiger partial charge in [0.2, 0.25) is 0 Å². The molecule has 4 nitrogen and oxygen atoms in total. The Morgan fingerprint density at radius 3 is 2.40 bits per heavy atom. The molecule has 2 aliphatic heterocycles. The maximum absolute atomic E-state index is 9.06. The molecule has 0 amide bonds. The van der Waals surface area contributed by atoms with E-state index in [4.69, 9.17) is 5.11 Å². The first kappa shape index (κ1) is 18.7. The SMILES string of the molecule is Cc1ccc(CCCCO)c(N2CCC(N3CCN(C)CC3)CC2)c1. The van der Waals surface area contributed by atoms with Crippen LogP contribution in [0.3, 0.4) is 0 Å². The minimum absolute atomic E-state index is 0.303. The number of unbranched alkanes of at least 4 members (excludes halogenated alkanes) is 1. The second-order valence-corrected chi connectivity index (χ2v) is 7.87. The fourth-order valence-corrected chi connectivity index (χ4v) is 4.27. The maximum atomic E-state index is 9.06. The van der Waals surface area contributed by atoms with E-state index in [9.17, 15) is 0 Å². The first-order chi connectivity index (χ1) is 12.2. The van der Waals surface area contributed by atoms with Crippen LogP contribution in [0.15, 0.2) is 18.2 Å². The average molecular weight is 346 g/mol. The van der Waals surface area contributed by atoms with Crippen molar-refractivity contribution in [3.8, 4) is 0 Å². The van der Waals surface area contributed by atoms with Crippen LogP contribution in [-0.4, -0.2) is 73.9 Å². The summed E-state index contributed by atoms with van der Waals surface area (Å²) in [6.45, 7) is 9.74. The number of benzene rings is 1. The lowest BCUT2D eigenvalue weighted by Crippen LogP contribution is -2.52. The van der Waals surface area contributed by atoms with E-state index in [-0.39, 0.29) is 0 Å². The molecule has 0 radical (unpaired) electrons. The maximum Gasteiger partial charge on any atom is 0.0431 e. The van der Waals surface area contributed by atoms with Gasteiger partial charge in [-0.15, -0.1) is 0 Å². The number of aliphatic hydroxyl groups is 1. The number of aliphatic hydroxyl groups excluding tert-OH is 1. The van der Waals surface area contributed by atoms with Crippen molar-refractivity contribution in [2.24, 2.45) is 0 Å². The van der Waals surface area contributed by atoms with Crippen molar-refractivity contribution in [3.63, 3.8) is 0 Å². The molecule has 1 aromatic carbocycles. The van der Waals surface area contributed by atoms with Gasteiger partial charge in [0.1, 0.15) is 0 Å². The summed E-state index contributed by atoms with van der Waals surface area (Å²) >= 11 is 0. The zero-order chi connectivity index (χ0) is 17.6. The number of hydrogen-bond acceptors (Lipinski definition) is 4. The summed E-state index contributed by atoms with van der Waals surface area (Å²) in [6, 6.07) is 7.67. The van der Waals surface area contributed by atoms with Gasteiger partial charge in [-0.1, -0.05) is 12.1 Å². The molecule has 4 heteroatoms. The van der Waals surface area contributed by atoms with Crippen LogP contribution in [-0.2, 0) is 6.42 Å². The van der Waals surface area contributed by atoms with Crippen molar-refractivity contribution in [1.29, 1.82) is 0 Å². The number of likely N-dealkylation sites (N-methyl/N-ethyl adjacent to an activating group) is 1. The Labute approximate surface area is 153 Å². The molecule has 1 N–H and O–H groups in total. The Kier molecular flexibility index (Phi) is 6.74. The number of piperidine rings is 1. The van der Waals surface area contributed by atoms with Crippen LogP contribution in [0.2, 0.25) is 0 Å². The lowest BCUT2D eigenvalue weighted by molar-refractivity contribution is 0.0982. The topological polar surface area (TPSA) is 30.0 Å². The summed E-state index contributed by atoms with van der Waals surface area (Å²) in [5.41, 5.74) is 4.24. The van der Waals surface area contributed by atoms with E-state index in [0.717, 1.165) is 25.3 Å². The van der Waals surface area contributed by atoms with Crippen LogP contribution in [0.25, 0.3) is 0 Å². The lowest BCUT2D eigenvalue weighted by Gasteiger charge is -2.43. The molecule has 140 valence electrons. The van der Waals surface area contributed by atoms with Gasteiger partial charge >= 0.3 is 0 Å². The Bertz CT molecular complexity index is 532. The monoisotopic (exact) mass is 345 g/mol. The Balaban J connectivity index is 1.59. The average Bonchev–Trinajstić information content (AvgIpc) is 2.64. The smallest absolute Gasteiger partial charge is 0.0431 e. The third kappa shape index (κ3) is 4.96. The van der Waals surface area contributed by atoms with Crippen molar-refractivity contribution in [2.45, 2.75) is 45.1 Å². The predicted octanol–water partition coefficient (Wildman–Crippen LogP) is 2.53. The molecular weight excluding hydrogens is 310 g/mol. The molecule has 2 fully saturated rings. The highest BCUT2D eigenvalue weighted by atomic mass is 16.2. The summed E-state index contributed by atoms with van der Waals surface area (Å²) in [6.07, 6.45) is 5.62. The zero-order valence-electron chi connectivity index (χ0n) is 16.1. The van der Waals surface area contributed by atoms with Gasteiger partial charge in [-0.25, -0.2) is 0 Å². The van der Waals surface area contributed by atoms with Crippen molar-refractivity contribution in [2.75, 3.05) is 57.8 Å². The van der Waals surface area contributed by atoms with E-state index in [2.05, 4.69) is 46.9 Å². The minimum atomic E-state index is 0.303. The number of piperazine rings is 1. The first-order valence-electron chi connectivity index (χ1n) is 10.1. The summed E-state index contributed by atoms with van der Waals surface area (Å²) in [7, 11) is 2.23. The normalized spacial score (nSPS) is 21.0. The molecule has 25 heavy (non-hydrogen) atoms. The fraction of sp³-hybridized carbons (Fsp3) is 0.714. The summed E-state index contributed by atoms with van der Waals surface area (Å²) in [5.74, 6) is 0. The van der Waals surface area contributed by atoms with E-state index >= 15 is 0 Å². The molecule has 0 atom stereocenters. The van der Waals surface area contributed by atoms with Crippen molar-refractivity contribution in [1.82, 2.24) is 9.80 Å². The van der Waals surface area contributed by atoms with Crippen LogP contribution in [0.1, 0.15) is 36.8 Å². The molecule has 2 heterocycles. The Morgan fingerprint density at radius 2 is 1.72 bits per heavy atom. The molecular formula is C21H35N3O. The summed E-state index contributed by atoms with van der Waals surface area (Å²) in [5, 5.41) is 9.06. The highest BCUT2D eigenvalue weighted by Crippen LogP contribution is 2.28. The van der Waals surface area contributed by atoms with Gasteiger partial charge in [-0.3, -0.25) is 4.90 Å². The van der Waals surface area contributed by atoms with Crippen LogP contribution >= 0.6 is 0 Å². The number of anilines is 1. The van der Waals surface area contributed by atoms with Crippen LogP contribution in [0.5, 0.6) is 0 Å². The van der Waals surface area contributed by atoms with Gasteiger partial charge in [0.15, 0.2) is 0 Å². The first-order valence-corrected chi connectivity index (χ1v) is 10.1. The minimum Gasteiger partial charge on any atom is -0.396 e. The standard InChI is InChI=1S/C21H35N3O/c1-18-6-7-19(5-3-4-16-25)21(17-18)24-10-8-20(9-11-24)23-14-12-22(2)13-15-23/h6-7,17,20,25H,3-5,8-16H2,1-2H3. The van der Waals surface area contributed by atoms with Gasteiger partial charge in [-0.05, 0) is 63.3 Å². The van der Waals surface area contributed by atoms with Crippen molar-refractivity contribution in [3.05, 3.63) is 29.3 Å². The molecule has 0 bridgehead atoms. The van der Waals surface area contributed by atoms with Crippen LogP contribution in [0.4, 0.5) is 5.69 Å². The molecule has 2 aliphatic rings. The molecule has 0 aromatic heterocycles. The third-order valence-electron chi connectivity index (χ3n) is 5.95. The second kappa shape index (κ2) is 9.02. The lowest BCUT2D eigenvalue weighted by atomic mass is 9.98. The number of aryl methyl sites for hydroxylation is 2. The molecule has 0 saturated carbocycles. The second-order valence-electron chi connectivity index (χ2n) is 7.87. The fourth-order valence-electron chi connectivity index (χ4n) is 4.27. The molecule has 0 unspecified atom stereocenters. The van der Waals surface area contributed by atoms with E-state index in [1.165, 1.54) is 68.9 Å². The zero-order valence-corrected chi connectivity index (χ0v) is 16.1. The predicted molar refractivity (Wildman–Crippen MR) is 106 cm³/mol. The van der Waals surface area contributed by atoms with Crippen LogP contribution in [0, 0.1) is 6.92 Å². The van der Waals surface area contributed by atoms with Gasteiger partial charge in [0.05, 0.1) is 0 Å². The molecule has 0 aliphatic carbocycles. The highest BCUT2D eigenvalue weighted by Gasteiger charge is 2.27.